The SMILES string of the molecule is CC(Sc1ncccc1Br)C(=O)Nc1cccc(C#N)c1. The molecule has 0 saturated heterocycles. The number of nitrogens with zero attached hydrogens (tertiary/aromatic N) is 2. The fourth-order valence-electron chi connectivity index (χ4n) is 1.59. The molecular formula is C15H12BrN3OS. The smallest absolute Gasteiger partial charge is 0.237 e. The first kappa shape index (κ1) is 15.5. The van der Waals surface area contributed by atoms with Crippen molar-refractivity contribution in [3.05, 3.63) is 52.6 Å². The Morgan fingerprint density at radius 2 is 2.24 bits per heavy atom. The molecule has 0 fully saturated rings. The Morgan fingerprint density at radius 1 is 1.43 bits per heavy atom. The molecule has 0 aliphatic carbocycles. The largest absolute Gasteiger partial charge is 0.325 e. The van der Waals surface area contributed by atoms with Gasteiger partial charge < -0.3 is 5.32 Å². The number of thioether (sulfide) groups is 1. The number of nitrogens with one attached hydrogen (secondary N) is 1. The van der Waals surface area contributed by atoms with E-state index in [0.717, 1.165) is 9.50 Å². The maximum absolute atomic E-state index is 12.2. The highest BCUT2D eigenvalue weighted by molar-refractivity contribution is 9.10. The van der Waals surface area contributed by atoms with Gasteiger partial charge in [0.2, 0.25) is 5.91 Å². The van der Waals surface area contributed by atoms with Gasteiger partial charge in [-0.25, -0.2) is 4.98 Å². The van der Waals surface area contributed by atoms with E-state index in [0.29, 0.717) is 11.3 Å². The predicted molar refractivity (Wildman–Crippen MR) is 87.0 cm³/mol. The molecule has 0 aliphatic heterocycles. The molecule has 6 heteroatoms. The highest BCUT2D eigenvalue weighted by Gasteiger charge is 2.16. The molecular weight excluding hydrogens is 350 g/mol. The molecule has 4 nitrogen and oxygen atoms in total. The van der Waals surface area contributed by atoms with Crippen molar-refractivity contribution in [2.75, 3.05) is 5.32 Å². The van der Waals surface area contributed by atoms with Crippen LogP contribution in [-0.4, -0.2) is 16.1 Å². The summed E-state index contributed by atoms with van der Waals surface area (Å²) in [6.45, 7) is 1.81. The number of aromatic nitrogens is 1. The molecule has 1 unspecified atom stereocenters. The zero-order chi connectivity index (χ0) is 15.2. The van der Waals surface area contributed by atoms with Gasteiger partial charge in [0.15, 0.2) is 0 Å². The first-order chi connectivity index (χ1) is 10.1. The molecule has 0 aliphatic rings. The summed E-state index contributed by atoms with van der Waals surface area (Å²) < 4.78 is 0.862. The number of nitriles is 1. The molecule has 0 radical (unpaired) electrons. The lowest BCUT2D eigenvalue weighted by atomic mass is 10.2. The van der Waals surface area contributed by atoms with E-state index in [-0.39, 0.29) is 11.2 Å². The third-order valence-corrected chi connectivity index (χ3v) is 4.66. The van der Waals surface area contributed by atoms with Crippen LogP contribution in [0.15, 0.2) is 52.1 Å². The third kappa shape index (κ3) is 4.31. The van der Waals surface area contributed by atoms with Crippen molar-refractivity contribution >= 4 is 39.3 Å². The van der Waals surface area contributed by atoms with Gasteiger partial charge in [-0.3, -0.25) is 4.79 Å². The molecule has 2 aromatic rings. The van der Waals surface area contributed by atoms with Gasteiger partial charge >= 0.3 is 0 Å². The normalized spacial score (nSPS) is 11.5. The maximum Gasteiger partial charge on any atom is 0.237 e. The van der Waals surface area contributed by atoms with E-state index in [1.54, 1.807) is 30.5 Å². The molecule has 0 bridgehead atoms. The quantitative estimate of drug-likeness (QED) is 0.840. The minimum atomic E-state index is -0.304. The van der Waals surface area contributed by atoms with Gasteiger partial charge in [-0.05, 0) is 53.2 Å². The Hall–Kier alpha value is -1.84. The number of anilines is 1. The van der Waals surface area contributed by atoms with E-state index >= 15 is 0 Å². The molecule has 1 aromatic carbocycles. The second kappa shape index (κ2) is 7.25. The summed E-state index contributed by atoms with van der Waals surface area (Å²) in [5.41, 5.74) is 1.13. The Morgan fingerprint density at radius 3 is 2.95 bits per heavy atom. The van der Waals surface area contributed by atoms with Gasteiger partial charge in [-0.2, -0.15) is 5.26 Å². The Labute approximate surface area is 135 Å². The summed E-state index contributed by atoms with van der Waals surface area (Å²) in [7, 11) is 0. The van der Waals surface area contributed by atoms with Crippen LogP contribution in [0.1, 0.15) is 12.5 Å². The molecule has 1 amide bonds. The molecule has 1 heterocycles. The summed E-state index contributed by atoms with van der Waals surface area (Å²) in [4.78, 5) is 16.4. The van der Waals surface area contributed by atoms with Crippen LogP contribution < -0.4 is 5.32 Å². The lowest BCUT2D eigenvalue weighted by molar-refractivity contribution is -0.115. The Bertz CT molecular complexity index is 699. The summed E-state index contributed by atoms with van der Waals surface area (Å²) in [5.74, 6) is -0.132. The minimum Gasteiger partial charge on any atom is -0.325 e. The van der Waals surface area contributed by atoms with Gasteiger partial charge in [0.05, 0.1) is 16.9 Å². The van der Waals surface area contributed by atoms with E-state index in [4.69, 9.17) is 5.26 Å². The standard InChI is InChI=1S/C15H12BrN3OS/c1-10(21-15-13(16)6-3-7-18-15)14(20)19-12-5-2-4-11(8-12)9-17/h2-8,10H,1H3,(H,19,20). The lowest BCUT2D eigenvalue weighted by Crippen LogP contribution is -2.22. The van der Waals surface area contributed by atoms with Crippen LogP contribution >= 0.6 is 27.7 Å². The average Bonchev–Trinajstić information content (AvgIpc) is 2.49. The number of halogens is 1. The predicted octanol–water partition coefficient (Wildman–Crippen LogP) is 3.84. The van der Waals surface area contributed by atoms with Crippen LogP contribution in [0.4, 0.5) is 5.69 Å². The number of rotatable bonds is 4. The second-order valence-corrected chi connectivity index (χ2v) is 6.42. The number of amides is 1. The van der Waals surface area contributed by atoms with Crippen molar-refractivity contribution in [2.45, 2.75) is 17.2 Å². The summed E-state index contributed by atoms with van der Waals surface area (Å²) in [6, 6.07) is 12.6. The molecule has 2 rings (SSSR count). The summed E-state index contributed by atoms with van der Waals surface area (Å²) in [5, 5.41) is 12.1. The molecule has 1 atom stereocenters. The van der Waals surface area contributed by atoms with Crippen LogP contribution in [0.3, 0.4) is 0 Å². The highest BCUT2D eigenvalue weighted by Crippen LogP contribution is 2.28. The first-order valence-electron chi connectivity index (χ1n) is 6.18. The van der Waals surface area contributed by atoms with E-state index in [9.17, 15) is 4.79 Å². The summed E-state index contributed by atoms with van der Waals surface area (Å²) >= 11 is 4.78. The van der Waals surface area contributed by atoms with E-state index < -0.39 is 0 Å². The molecule has 0 spiro atoms. The van der Waals surface area contributed by atoms with E-state index in [2.05, 4.69) is 26.2 Å². The Balaban J connectivity index is 2.03. The van der Waals surface area contributed by atoms with Crippen LogP contribution in [0.2, 0.25) is 0 Å². The zero-order valence-corrected chi connectivity index (χ0v) is 13.6. The van der Waals surface area contributed by atoms with Gasteiger partial charge in [0.1, 0.15) is 5.03 Å². The van der Waals surface area contributed by atoms with Gasteiger partial charge in [0.25, 0.3) is 0 Å². The highest BCUT2D eigenvalue weighted by atomic mass is 79.9. The molecule has 1 aromatic heterocycles. The number of hydrogen-bond donors (Lipinski definition) is 1. The number of carbonyl (C=O) groups is 1. The van der Waals surface area contributed by atoms with Crippen molar-refractivity contribution in [3.8, 4) is 6.07 Å². The first-order valence-corrected chi connectivity index (χ1v) is 7.85. The van der Waals surface area contributed by atoms with Gasteiger partial charge in [-0.1, -0.05) is 17.8 Å². The second-order valence-electron chi connectivity index (χ2n) is 4.23. The Kier molecular flexibility index (Phi) is 5.37. The molecule has 1 N–H and O–H groups in total. The van der Waals surface area contributed by atoms with Crippen molar-refractivity contribution in [1.82, 2.24) is 4.98 Å². The average molecular weight is 362 g/mol. The fraction of sp³-hybridized carbons (Fsp3) is 0.133. The third-order valence-electron chi connectivity index (χ3n) is 2.64. The topological polar surface area (TPSA) is 65.8 Å². The van der Waals surface area contributed by atoms with Crippen molar-refractivity contribution in [2.24, 2.45) is 0 Å². The van der Waals surface area contributed by atoms with Crippen molar-refractivity contribution < 1.29 is 4.79 Å². The van der Waals surface area contributed by atoms with Crippen LogP contribution in [0.5, 0.6) is 0 Å². The maximum atomic E-state index is 12.2. The van der Waals surface area contributed by atoms with E-state index in [1.807, 2.05) is 25.1 Å². The van der Waals surface area contributed by atoms with Crippen molar-refractivity contribution in [1.29, 1.82) is 5.26 Å². The van der Waals surface area contributed by atoms with Crippen LogP contribution in [0, 0.1) is 11.3 Å². The van der Waals surface area contributed by atoms with Gasteiger partial charge in [0, 0.05) is 16.4 Å². The molecule has 106 valence electrons. The lowest BCUT2D eigenvalue weighted by Gasteiger charge is -2.12. The number of pyridine rings is 1. The van der Waals surface area contributed by atoms with Crippen LogP contribution in [0.25, 0.3) is 0 Å². The number of carbonyl (C=O) groups excluding carboxylic acids is 1. The molecule has 0 saturated carbocycles. The molecule has 21 heavy (non-hydrogen) atoms. The van der Waals surface area contributed by atoms with Gasteiger partial charge in [-0.15, -0.1) is 0 Å². The monoisotopic (exact) mass is 361 g/mol. The fourth-order valence-corrected chi connectivity index (χ4v) is 2.93. The number of hydrogen-bond acceptors (Lipinski definition) is 4. The number of benzene rings is 1. The summed E-state index contributed by atoms with van der Waals surface area (Å²) in [6.07, 6.45) is 1.69. The minimum absolute atomic E-state index is 0.132. The van der Waals surface area contributed by atoms with Crippen LogP contribution in [-0.2, 0) is 4.79 Å². The zero-order valence-electron chi connectivity index (χ0n) is 11.2. The van der Waals surface area contributed by atoms with Crippen molar-refractivity contribution in [3.63, 3.8) is 0 Å². The van der Waals surface area contributed by atoms with E-state index in [1.165, 1.54) is 11.8 Å².